The molecule has 0 radical (unpaired) electrons. The molecule has 168 valence electrons. The second-order valence-electron chi connectivity index (χ2n) is 9.11. The molecule has 4 atom stereocenters. The number of nitrogens with zero attached hydrogens (tertiary/aromatic N) is 2. The first-order valence-electron chi connectivity index (χ1n) is 11.4. The molecule has 0 bridgehead atoms. The molecule has 2 aliphatic rings. The fourth-order valence-electron chi connectivity index (χ4n) is 4.82. The van der Waals surface area contributed by atoms with E-state index in [-0.39, 0.29) is 41.5 Å². The summed E-state index contributed by atoms with van der Waals surface area (Å²) in [4.78, 5) is 39.2. The maximum atomic E-state index is 12.0. The van der Waals surface area contributed by atoms with Crippen LogP contribution in [-0.2, 0) is 14.4 Å². The van der Waals surface area contributed by atoms with Crippen molar-refractivity contribution in [2.75, 3.05) is 20.1 Å². The van der Waals surface area contributed by atoms with Crippen molar-refractivity contribution in [3.05, 3.63) is 0 Å². The number of hydrogen-bond donors (Lipinski definition) is 1. The highest BCUT2D eigenvalue weighted by molar-refractivity contribution is 5.89. The smallest absolute Gasteiger partial charge is 0.240 e. The molecule has 2 fully saturated rings. The summed E-state index contributed by atoms with van der Waals surface area (Å²) in [7, 11) is 1.86. The highest BCUT2D eigenvalue weighted by Crippen LogP contribution is 2.26. The first-order chi connectivity index (χ1) is 13.6. The average Bonchev–Trinajstić information content (AvgIpc) is 3.19. The SMILES string of the molecule is CCC(C(C)C)N1CCC(NC)C1=O.CCC1CCN(C(C(C)=O)C(C)C)C1=O. The van der Waals surface area contributed by atoms with Crippen LogP contribution in [0, 0.1) is 17.8 Å². The van der Waals surface area contributed by atoms with Gasteiger partial charge in [-0.2, -0.15) is 0 Å². The van der Waals surface area contributed by atoms with Crippen LogP contribution in [0.4, 0.5) is 0 Å². The molecule has 0 aromatic heterocycles. The lowest BCUT2D eigenvalue weighted by molar-refractivity contribution is -0.139. The Bertz CT molecular complexity index is 562. The highest BCUT2D eigenvalue weighted by atomic mass is 16.2. The molecule has 6 nitrogen and oxygen atoms in total. The Balaban J connectivity index is 0.000000291. The van der Waals surface area contributed by atoms with Gasteiger partial charge in [-0.3, -0.25) is 14.4 Å². The van der Waals surface area contributed by atoms with Gasteiger partial charge >= 0.3 is 0 Å². The van der Waals surface area contributed by atoms with E-state index >= 15 is 0 Å². The maximum Gasteiger partial charge on any atom is 0.240 e. The summed E-state index contributed by atoms with van der Waals surface area (Å²) < 4.78 is 0. The Morgan fingerprint density at radius 2 is 1.59 bits per heavy atom. The van der Waals surface area contributed by atoms with Crippen LogP contribution in [0.5, 0.6) is 0 Å². The zero-order valence-corrected chi connectivity index (χ0v) is 19.8. The second-order valence-corrected chi connectivity index (χ2v) is 9.11. The van der Waals surface area contributed by atoms with Gasteiger partial charge < -0.3 is 15.1 Å². The standard InChI is InChI=1S/C12H21NO2.C11H22N2O/c1-5-10-6-7-13(12(10)15)11(8(2)3)9(4)14;1-5-10(8(2)3)13-7-6-9(12-4)11(13)14/h8,10-11H,5-7H2,1-4H3;8-10,12H,5-7H2,1-4H3. The minimum atomic E-state index is -0.214. The number of amides is 2. The number of rotatable bonds is 8. The van der Waals surface area contributed by atoms with Gasteiger partial charge in [0.15, 0.2) is 5.78 Å². The van der Waals surface area contributed by atoms with Crippen LogP contribution < -0.4 is 5.32 Å². The number of carbonyl (C=O) groups excluding carboxylic acids is 3. The number of Topliss-reactive ketones (excluding diaryl/α,β-unsaturated/α-hetero) is 1. The van der Waals surface area contributed by atoms with E-state index in [0.29, 0.717) is 12.0 Å². The predicted molar refractivity (Wildman–Crippen MR) is 118 cm³/mol. The van der Waals surface area contributed by atoms with Crippen LogP contribution in [0.25, 0.3) is 0 Å². The molecule has 2 amide bonds. The number of carbonyl (C=O) groups is 3. The summed E-state index contributed by atoms with van der Waals surface area (Å²) in [6.07, 6.45) is 3.81. The van der Waals surface area contributed by atoms with E-state index < -0.39 is 0 Å². The lowest BCUT2D eigenvalue weighted by Gasteiger charge is -2.30. The number of likely N-dealkylation sites (N-methyl/N-ethyl adjacent to an activating group) is 1. The molecule has 0 spiro atoms. The van der Waals surface area contributed by atoms with Crippen LogP contribution in [0.15, 0.2) is 0 Å². The summed E-state index contributed by atoms with van der Waals surface area (Å²) in [5, 5.41) is 3.07. The fourth-order valence-corrected chi connectivity index (χ4v) is 4.82. The van der Waals surface area contributed by atoms with Crippen molar-refractivity contribution in [1.29, 1.82) is 0 Å². The summed E-state index contributed by atoms with van der Waals surface area (Å²) in [5.74, 6) is 1.47. The molecule has 29 heavy (non-hydrogen) atoms. The Kier molecular flexibility index (Phi) is 10.3. The van der Waals surface area contributed by atoms with Crippen molar-refractivity contribution in [2.24, 2.45) is 17.8 Å². The zero-order chi connectivity index (χ0) is 22.3. The number of likely N-dealkylation sites (tertiary alicyclic amines) is 2. The van der Waals surface area contributed by atoms with Gasteiger partial charge in [0.05, 0.1) is 12.1 Å². The Hall–Kier alpha value is -1.43. The molecule has 1 N–H and O–H groups in total. The van der Waals surface area contributed by atoms with Crippen LogP contribution in [0.2, 0.25) is 0 Å². The molecule has 6 heteroatoms. The molecule has 2 aliphatic heterocycles. The number of nitrogens with one attached hydrogen (secondary N) is 1. The molecule has 4 unspecified atom stereocenters. The van der Waals surface area contributed by atoms with E-state index in [9.17, 15) is 14.4 Å². The second kappa shape index (κ2) is 11.7. The first-order valence-corrected chi connectivity index (χ1v) is 11.4. The van der Waals surface area contributed by atoms with Gasteiger partial charge in [0.1, 0.15) is 0 Å². The molecule has 2 heterocycles. The maximum absolute atomic E-state index is 12.0. The predicted octanol–water partition coefficient (Wildman–Crippen LogP) is 3.10. The van der Waals surface area contributed by atoms with Crippen molar-refractivity contribution >= 4 is 17.6 Å². The molecular weight excluding hydrogens is 366 g/mol. The average molecular weight is 410 g/mol. The van der Waals surface area contributed by atoms with Crippen molar-refractivity contribution in [1.82, 2.24) is 15.1 Å². The van der Waals surface area contributed by atoms with E-state index in [1.165, 1.54) is 0 Å². The van der Waals surface area contributed by atoms with E-state index in [4.69, 9.17) is 0 Å². The van der Waals surface area contributed by atoms with Gasteiger partial charge in [0.2, 0.25) is 11.8 Å². The Morgan fingerprint density at radius 3 is 1.93 bits per heavy atom. The topological polar surface area (TPSA) is 69.7 Å². The molecule has 0 aromatic rings. The summed E-state index contributed by atoms with van der Waals surface area (Å²) in [5.41, 5.74) is 0. The van der Waals surface area contributed by atoms with Gasteiger partial charge in [-0.1, -0.05) is 41.5 Å². The van der Waals surface area contributed by atoms with Crippen LogP contribution >= 0.6 is 0 Å². The van der Waals surface area contributed by atoms with E-state index in [0.717, 1.165) is 38.8 Å². The van der Waals surface area contributed by atoms with Crippen molar-refractivity contribution in [2.45, 2.75) is 92.3 Å². The van der Waals surface area contributed by atoms with Gasteiger partial charge in [0.25, 0.3) is 0 Å². The summed E-state index contributed by atoms with van der Waals surface area (Å²) in [6, 6.07) is 0.262. The quantitative estimate of drug-likeness (QED) is 0.669. The van der Waals surface area contributed by atoms with Crippen molar-refractivity contribution in [3.63, 3.8) is 0 Å². The lowest BCUT2D eigenvalue weighted by Crippen LogP contribution is -2.45. The first kappa shape index (κ1) is 25.6. The Morgan fingerprint density at radius 1 is 1.00 bits per heavy atom. The van der Waals surface area contributed by atoms with Crippen LogP contribution in [0.3, 0.4) is 0 Å². The minimum absolute atomic E-state index is 0.0581. The summed E-state index contributed by atoms with van der Waals surface area (Å²) >= 11 is 0. The molecule has 0 aromatic carbocycles. The molecule has 2 rings (SSSR count). The zero-order valence-electron chi connectivity index (χ0n) is 19.8. The third kappa shape index (κ3) is 6.27. The normalized spacial score (nSPS) is 24.2. The van der Waals surface area contributed by atoms with Crippen LogP contribution in [-0.4, -0.2) is 65.7 Å². The lowest BCUT2D eigenvalue weighted by atomic mass is 9.99. The number of hydrogen-bond acceptors (Lipinski definition) is 4. The van der Waals surface area contributed by atoms with Crippen LogP contribution in [0.1, 0.15) is 74.1 Å². The summed E-state index contributed by atoms with van der Waals surface area (Å²) in [6.45, 7) is 15.8. The Labute approximate surface area is 177 Å². The third-order valence-electron chi connectivity index (χ3n) is 6.40. The van der Waals surface area contributed by atoms with Crippen molar-refractivity contribution in [3.8, 4) is 0 Å². The fraction of sp³-hybridized carbons (Fsp3) is 0.870. The molecule has 0 aliphatic carbocycles. The van der Waals surface area contributed by atoms with Gasteiger partial charge in [0, 0.05) is 25.0 Å². The third-order valence-corrected chi connectivity index (χ3v) is 6.40. The monoisotopic (exact) mass is 409 g/mol. The number of ketones is 1. The van der Waals surface area contributed by atoms with E-state index in [2.05, 4.69) is 26.1 Å². The van der Waals surface area contributed by atoms with E-state index in [1.807, 2.05) is 32.7 Å². The molecule has 2 saturated heterocycles. The van der Waals surface area contributed by atoms with E-state index in [1.54, 1.807) is 11.8 Å². The largest absolute Gasteiger partial charge is 0.338 e. The molecule has 0 saturated carbocycles. The minimum Gasteiger partial charge on any atom is -0.338 e. The van der Waals surface area contributed by atoms with Gasteiger partial charge in [-0.25, -0.2) is 0 Å². The highest BCUT2D eigenvalue weighted by Gasteiger charge is 2.38. The van der Waals surface area contributed by atoms with Gasteiger partial charge in [-0.05, 0) is 51.5 Å². The molecular formula is C23H43N3O3. The van der Waals surface area contributed by atoms with Gasteiger partial charge in [-0.15, -0.1) is 0 Å². The van der Waals surface area contributed by atoms with Crippen molar-refractivity contribution < 1.29 is 14.4 Å².